The lowest BCUT2D eigenvalue weighted by Crippen LogP contribution is -2.46. The average molecular weight is 364 g/mol. The van der Waals surface area contributed by atoms with Crippen LogP contribution in [0, 0.1) is 0 Å². The number of hydrogen-bond donors (Lipinski definition) is 1. The third-order valence-corrected chi connectivity index (χ3v) is 5.94. The van der Waals surface area contributed by atoms with Gasteiger partial charge in [-0.05, 0) is 62.1 Å². The van der Waals surface area contributed by atoms with Crippen molar-refractivity contribution < 1.29 is 9.53 Å². The molecular formula is C23H28N2O2. The molecule has 2 aromatic rings. The van der Waals surface area contributed by atoms with Crippen LogP contribution in [0.2, 0.25) is 0 Å². The fraction of sp³-hybridized carbons (Fsp3) is 0.435. The lowest BCUT2D eigenvalue weighted by atomic mass is 9.90. The smallest absolute Gasteiger partial charge is 0.258 e. The van der Waals surface area contributed by atoms with Gasteiger partial charge in [-0.2, -0.15) is 0 Å². The Morgan fingerprint density at radius 1 is 1.07 bits per heavy atom. The van der Waals surface area contributed by atoms with Gasteiger partial charge in [0.1, 0.15) is 5.75 Å². The van der Waals surface area contributed by atoms with E-state index in [2.05, 4.69) is 30.4 Å². The van der Waals surface area contributed by atoms with Crippen molar-refractivity contribution in [3.05, 3.63) is 59.7 Å². The van der Waals surface area contributed by atoms with E-state index in [1.165, 1.54) is 31.2 Å². The quantitative estimate of drug-likeness (QED) is 0.854. The van der Waals surface area contributed by atoms with Crippen molar-refractivity contribution in [1.82, 2.24) is 5.32 Å². The summed E-state index contributed by atoms with van der Waals surface area (Å²) in [6.07, 6.45) is 6.12. The third kappa shape index (κ3) is 3.59. The molecular weight excluding hydrogens is 336 g/mol. The maximum absolute atomic E-state index is 13.3. The average Bonchev–Trinajstić information content (AvgIpc) is 3.21. The monoisotopic (exact) mass is 364 g/mol. The van der Waals surface area contributed by atoms with E-state index in [0.29, 0.717) is 17.6 Å². The van der Waals surface area contributed by atoms with Crippen molar-refractivity contribution >= 4 is 11.6 Å². The van der Waals surface area contributed by atoms with Crippen molar-refractivity contribution in [2.45, 2.75) is 57.2 Å². The van der Waals surface area contributed by atoms with E-state index in [0.717, 1.165) is 17.9 Å². The van der Waals surface area contributed by atoms with Crippen LogP contribution in [0.5, 0.6) is 5.75 Å². The highest BCUT2D eigenvalue weighted by Gasteiger charge is 2.35. The van der Waals surface area contributed by atoms with Gasteiger partial charge in [0.25, 0.3) is 5.91 Å². The molecule has 1 N–H and O–H groups in total. The van der Waals surface area contributed by atoms with E-state index >= 15 is 0 Å². The van der Waals surface area contributed by atoms with Crippen LogP contribution in [-0.4, -0.2) is 25.1 Å². The molecule has 142 valence electrons. The molecule has 0 aromatic heterocycles. The van der Waals surface area contributed by atoms with E-state index in [9.17, 15) is 4.79 Å². The zero-order valence-electron chi connectivity index (χ0n) is 16.2. The van der Waals surface area contributed by atoms with E-state index < -0.39 is 0 Å². The predicted molar refractivity (Wildman–Crippen MR) is 108 cm³/mol. The second-order valence-corrected chi connectivity index (χ2v) is 7.75. The van der Waals surface area contributed by atoms with Crippen molar-refractivity contribution in [2.24, 2.45) is 0 Å². The number of amides is 1. The van der Waals surface area contributed by atoms with Crippen molar-refractivity contribution in [1.29, 1.82) is 0 Å². The first-order valence-corrected chi connectivity index (χ1v) is 10.00. The van der Waals surface area contributed by atoms with Crippen LogP contribution in [0.15, 0.2) is 48.5 Å². The molecule has 0 radical (unpaired) electrons. The van der Waals surface area contributed by atoms with Gasteiger partial charge in [-0.25, -0.2) is 0 Å². The first kappa shape index (κ1) is 18.1. The van der Waals surface area contributed by atoms with Crippen LogP contribution in [0.25, 0.3) is 0 Å². The van der Waals surface area contributed by atoms with Crippen LogP contribution in [-0.2, 0) is 0 Å². The van der Waals surface area contributed by atoms with Gasteiger partial charge in [0.15, 0.2) is 0 Å². The van der Waals surface area contributed by atoms with Crippen LogP contribution in [0.1, 0.15) is 61.0 Å². The van der Waals surface area contributed by atoms with Gasteiger partial charge in [-0.3, -0.25) is 4.79 Å². The highest BCUT2D eigenvalue weighted by atomic mass is 16.5. The lowest BCUT2D eigenvalue weighted by Gasteiger charge is -2.40. The maximum atomic E-state index is 13.3. The lowest BCUT2D eigenvalue weighted by molar-refractivity contribution is 0.0972. The number of benzene rings is 2. The Morgan fingerprint density at radius 2 is 1.78 bits per heavy atom. The number of rotatable bonds is 4. The second-order valence-electron chi connectivity index (χ2n) is 7.75. The molecule has 0 unspecified atom stereocenters. The summed E-state index contributed by atoms with van der Waals surface area (Å²) in [6.45, 7) is 2.15. The highest BCUT2D eigenvalue weighted by molar-refractivity contribution is 6.07. The SMILES string of the molecule is COc1ccc(C(=O)N2c3ccccc3[C@H](NC3CCCC3)C[C@@H]2C)cc1. The Balaban J connectivity index is 1.63. The number of carbonyl (C=O) groups is 1. The Kier molecular flexibility index (Phi) is 5.17. The zero-order valence-corrected chi connectivity index (χ0v) is 16.2. The molecule has 4 nitrogen and oxygen atoms in total. The van der Waals surface area contributed by atoms with Gasteiger partial charge >= 0.3 is 0 Å². The number of ether oxygens (including phenoxy) is 1. The Hall–Kier alpha value is -2.33. The number of carbonyl (C=O) groups excluding carboxylic acids is 1. The Labute approximate surface area is 161 Å². The number of nitrogens with zero attached hydrogens (tertiary/aromatic N) is 1. The van der Waals surface area contributed by atoms with Crippen LogP contribution in [0.3, 0.4) is 0 Å². The standard InChI is InChI=1S/C23H28N2O2/c1-16-15-21(24-18-7-3-4-8-18)20-9-5-6-10-22(20)25(16)23(26)17-11-13-19(27-2)14-12-17/h5-6,9-14,16,18,21,24H,3-4,7-8,15H2,1-2H3/t16-,21+/m0/s1. The van der Waals surface area contributed by atoms with Crippen molar-refractivity contribution in [2.75, 3.05) is 12.0 Å². The van der Waals surface area contributed by atoms with Crippen molar-refractivity contribution in [3.8, 4) is 5.75 Å². The second kappa shape index (κ2) is 7.73. The highest BCUT2D eigenvalue weighted by Crippen LogP contribution is 2.39. The molecule has 2 aromatic carbocycles. The molecule has 2 atom stereocenters. The molecule has 0 saturated heterocycles. The topological polar surface area (TPSA) is 41.6 Å². The van der Waals surface area contributed by atoms with E-state index in [1.54, 1.807) is 7.11 Å². The molecule has 1 aliphatic carbocycles. The summed E-state index contributed by atoms with van der Waals surface area (Å²) in [5.41, 5.74) is 2.97. The molecule has 27 heavy (non-hydrogen) atoms. The Morgan fingerprint density at radius 3 is 2.48 bits per heavy atom. The fourth-order valence-electron chi connectivity index (χ4n) is 4.53. The number of methoxy groups -OCH3 is 1. The minimum Gasteiger partial charge on any atom is -0.497 e. The predicted octanol–water partition coefficient (Wildman–Crippen LogP) is 4.71. The summed E-state index contributed by atoms with van der Waals surface area (Å²) in [6, 6.07) is 16.8. The minimum absolute atomic E-state index is 0.0527. The number of hydrogen-bond acceptors (Lipinski definition) is 3. The molecule has 4 heteroatoms. The normalized spacial score (nSPS) is 22.5. The summed E-state index contributed by atoms with van der Waals surface area (Å²) in [7, 11) is 1.64. The molecule has 0 bridgehead atoms. The van der Waals surface area contributed by atoms with Gasteiger partial charge < -0.3 is 15.0 Å². The summed E-state index contributed by atoms with van der Waals surface area (Å²) in [5, 5.41) is 3.86. The van der Waals surface area contributed by atoms with Crippen LogP contribution < -0.4 is 15.0 Å². The van der Waals surface area contributed by atoms with E-state index in [-0.39, 0.29) is 11.9 Å². The first-order valence-electron chi connectivity index (χ1n) is 10.00. The summed E-state index contributed by atoms with van der Waals surface area (Å²) >= 11 is 0. The number of nitrogens with one attached hydrogen (secondary N) is 1. The molecule has 1 amide bonds. The van der Waals surface area contributed by atoms with Gasteiger partial charge in [0, 0.05) is 29.4 Å². The largest absolute Gasteiger partial charge is 0.497 e. The first-order chi connectivity index (χ1) is 13.2. The van der Waals surface area contributed by atoms with Crippen LogP contribution in [0.4, 0.5) is 5.69 Å². The van der Waals surface area contributed by atoms with Crippen molar-refractivity contribution in [3.63, 3.8) is 0 Å². The van der Waals surface area contributed by atoms with Gasteiger partial charge in [0.05, 0.1) is 7.11 Å². The molecule has 1 aliphatic heterocycles. The van der Waals surface area contributed by atoms with E-state index in [4.69, 9.17) is 4.74 Å². The summed E-state index contributed by atoms with van der Waals surface area (Å²) in [4.78, 5) is 15.3. The summed E-state index contributed by atoms with van der Waals surface area (Å²) < 4.78 is 5.22. The molecule has 2 aliphatic rings. The maximum Gasteiger partial charge on any atom is 0.258 e. The molecule has 4 rings (SSSR count). The van der Waals surface area contributed by atoms with E-state index in [1.807, 2.05) is 35.2 Å². The molecule has 0 spiro atoms. The Bertz CT molecular complexity index is 796. The van der Waals surface area contributed by atoms with Crippen LogP contribution >= 0.6 is 0 Å². The number of fused-ring (bicyclic) bond motifs is 1. The van der Waals surface area contributed by atoms with Gasteiger partial charge in [-0.15, -0.1) is 0 Å². The number of anilines is 1. The minimum atomic E-state index is 0.0527. The third-order valence-electron chi connectivity index (χ3n) is 5.94. The molecule has 1 heterocycles. The zero-order chi connectivity index (χ0) is 18.8. The molecule has 1 saturated carbocycles. The van der Waals surface area contributed by atoms with Gasteiger partial charge in [-0.1, -0.05) is 31.0 Å². The number of para-hydroxylation sites is 1. The van der Waals surface area contributed by atoms with Gasteiger partial charge in [0.2, 0.25) is 0 Å². The fourth-order valence-corrected chi connectivity index (χ4v) is 4.53. The molecule has 1 fully saturated rings. The summed E-state index contributed by atoms with van der Waals surface area (Å²) in [5.74, 6) is 0.816.